The largest absolute Gasteiger partial charge is 0.331 e. The van der Waals surface area contributed by atoms with Gasteiger partial charge in [-0.15, -0.1) is 0 Å². The number of rotatable bonds is 8. The van der Waals surface area contributed by atoms with Gasteiger partial charge in [-0.2, -0.15) is 0 Å². The molecule has 2 amide bonds. The van der Waals surface area contributed by atoms with E-state index < -0.39 is 0 Å². The lowest BCUT2D eigenvalue weighted by Gasteiger charge is -2.31. The molecular weight excluding hydrogens is 278 g/mol. The van der Waals surface area contributed by atoms with Gasteiger partial charge in [0, 0.05) is 19.1 Å². The fourth-order valence-electron chi connectivity index (χ4n) is 3.33. The summed E-state index contributed by atoms with van der Waals surface area (Å²) in [6, 6.07) is 0.401. The fourth-order valence-corrected chi connectivity index (χ4v) is 3.33. The van der Waals surface area contributed by atoms with Crippen LogP contribution in [-0.4, -0.2) is 41.3 Å². The van der Waals surface area contributed by atoms with E-state index in [-0.39, 0.29) is 18.1 Å². The molecule has 0 aromatic carbocycles. The molecule has 2 aliphatic rings. The zero-order valence-electron chi connectivity index (χ0n) is 13.6. The molecule has 3 N–H and O–H groups in total. The molecule has 2 atom stereocenters. The first kappa shape index (κ1) is 17.0. The highest BCUT2D eigenvalue weighted by molar-refractivity contribution is 5.76. The molecule has 5 heteroatoms. The van der Waals surface area contributed by atoms with Crippen LogP contribution in [0, 0.1) is 0 Å². The van der Waals surface area contributed by atoms with Gasteiger partial charge >= 0.3 is 6.03 Å². The molecule has 0 bridgehead atoms. The van der Waals surface area contributed by atoms with Gasteiger partial charge in [-0.05, 0) is 31.3 Å². The van der Waals surface area contributed by atoms with Gasteiger partial charge < -0.3 is 15.4 Å². The van der Waals surface area contributed by atoms with Crippen molar-refractivity contribution in [3.05, 3.63) is 23.8 Å². The average Bonchev–Trinajstić information content (AvgIpc) is 2.69. The van der Waals surface area contributed by atoms with Gasteiger partial charge in [0.15, 0.2) is 0 Å². The normalized spacial score (nSPS) is 22.6. The Labute approximate surface area is 133 Å². The minimum atomic E-state index is 0.0446. The Bertz CT molecular complexity index is 420. The van der Waals surface area contributed by atoms with Crippen LogP contribution in [0.5, 0.6) is 0 Å². The topological polar surface area (TPSA) is 64.6 Å². The van der Waals surface area contributed by atoms with E-state index in [2.05, 4.69) is 35.9 Å². The molecule has 0 aromatic heterocycles. The van der Waals surface area contributed by atoms with Crippen molar-refractivity contribution in [3.63, 3.8) is 0 Å². The molecule has 1 fully saturated rings. The van der Waals surface area contributed by atoms with Crippen molar-refractivity contribution >= 4 is 6.03 Å². The van der Waals surface area contributed by atoms with Crippen LogP contribution in [-0.2, 0) is 0 Å². The van der Waals surface area contributed by atoms with Crippen molar-refractivity contribution in [2.24, 2.45) is 0 Å². The molecule has 0 saturated carbocycles. The summed E-state index contributed by atoms with van der Waals surface area (Å²) >= 11 is 0. The summed E-state index contributed by atoms with van der Waals surface area (Å²) in [5, 5.41) is 12.1. The highest BCUT2D eigenvalue weighted by Gasteiger charge is 2.30. The van der Waals surface area contributed by atoms with Crippen molar-refractivity contribution in [1.82, 2.24) is 15.7 Å². The minimum Gasteiger partial charge on any atom is -0.331 e. The molecule has 1 aliphatic carbocycles. The van der Waals surface area contributed by atoms with Crippen LogP contribution in [0.1, 0.15) is 51.9 Å². The predicted molar refractivity (Wildman–Crippen MR) is 87.8 cm³/mol. The molecule has 2 unspecified atom stereocenters. The first-order valence-electron chi connectivity index (χ1n) is 8.56. The second-order valence-electron chi connectivity index (χ2n) is 6.20. The number of nitrogens with one attached hydrogen (secondary N) is 2. The number of carbonyl (C=O) groups excluding carboxylic acids is 1. The average molecular weight is 307 g/mol. The summed E-state index contributed by atoms with van der Waals surface area (Å²) in [5.74, 6) is 0. The van der Waals surface area contributed by atoms with E-state index in [1.165, 1.54) is 18.4 Å². The summed E-state index contributed by atoms with van der Waals surface area (Å²) in [4.78, 5) is 14.6. The zero-order chi connectivity index (χ0) is 15.8. The van der Waals surface area contributed by atoms with Crippen molar-refractivity contribution in [2.45, 2.75) is 64.0 Å². The number of hydrogen-bond donors (Lipinski definition) is 3. The Kier molecular flexibility index (Phi) is 6.93. The number of hydrogen-bond acceptors (Lipinski definition) is 3. The van der Waals surface area contributed by atoms with Crippen molar-refractivity contribution in [1.29, 1.82) is 0 Å². The van der Waals surface area contributed by atoms with Crippen LogP contribution in [0.4, 0.5) is 4.79 Å². The molecule has 1 aliphatic heterocycles. The van der Waals surface area contributed by atoms with Crippen LogP contribution in [0.3, 0.4) is 0 Å². The van der Waals surface area contributed by atoms with Gasteiger partial charge in [0.1, 0.15) is 0 Å². The van der Waals surface area contributed by atoms with Crippen LogP contribution in [0.25, 0.3) is 0 Å². The number of urea groups is 1. The van der Waals surface area contributed by atoms with Crippen LogP contribution >= 0.6 is 0 Å². The number of unbranched alkanes of at least 4 members (excludes halogenated alkanes) is 2. The molecule has 1 heterocycles. The summed E-state index contributed by atoms with van der Waals surface area (Å²) < 4.78 is 0. The first-order valence-corrected chi connectivity index (χ1v) is 8.56. The van der Waals surface area contributed by atoms with E-state index in [1.807, 2.05) is 4.90 Å². The highest BCUT2D eigenvalue weighted by Crippen LogP contribution is 2.23. The highest BCUT2D eigenvalue weighted by atomic mass is 16.5. The summed E-state index contributed by atoms with van der Waals surface area (Å²) in [6.45, 7) is 3.48. The quantitative estimate of drug-likeness (QED) is 0.477. The zero-order valence-corrected chi connectivity index (χ0v) is 13.6. The second kappa shape index (κ2) is 8.96. The van der Waals surface area contributed by atoms with Crippen molar-refractivity contribution < 1.29 is 10.0 Å². The van der Waals surface area contributed by atoms with E-state index in [9.17, 15) is 4.79 Å². The van der Waals surface area contributed by atoms with Crippen molar-refractivity contribution in [2.75, 3.05) is 13.1 Å². The van der Waals surface area contributed by atoms with Gasteiger partial charge in [0.2, 0.25) is 0 Å². The molecule has 0 aromatic rings. The summed E-state index contributed by atoms with van der Waals surface area (Å²) in [5.41, 5.74) is 3.55. The molecule has 124 valence electrons. The molecule has 22 heavy (non-hydrogen) atoms. The monoisotopic (exact) mass is 307 g/mol. The van der Waals surface area contributed by atoms with Gasteiger partial charge in [-0.1, -0.05) is 44.4 Å². The predicted octanol–water partition coefficient (Wildman–Crippen LogP) is 2.97. The van der Waals surface area contributed by atoms with E-state index in [0.717, 1.165) is 38.6 Å². The second-order valence-corrected chi connectivity index (χ2v) is 6.20. The number of allylic oxidation sites excluding steroid dienone is 2. The smallest absolute Gasteiger partial charge is 0.318 e. The maximum atomic E-state index is 12.6. The van der Waals surface area contributed by atoms with Crippen LogP contribution in [0.2, 0.25) is 0 Å². The Morgan fingerprint density at radius 3 is 3.09 bits per heavy atom. The molecule has 0 radical (unpaired) electrons. The van der Waals surface area contributed by atoms with Gasteiger partial charge in [0.05, 0.1) is 6.04 Å². The third-order valence-electron chi connectivity index (χ3n) is 4.64. The van der Waals surface area contributed by atoms with Gasteiger partial charge in [0.25, 0.3) is 0 Å². The Morgan fingerprint density at radius 1 is 1.45 bits per heavy atom. The minimum absolute atomic E-state index is 0.0446. The van der Waals surface area contributed by atoms with Crippen LogP contribution < -0.4 is 10.8 Å². The third kappa shape index (κ3) is 4.58. The number of fused-ring (bicyclic) bond motifs is 1. The number of hydroxylamine groups is 1. The SMILES string of the molecule is CCCCCC(CCNO)N1CCC2=CC=CCC2NC1=O. The summed E-state index contributed by atoms with van der Waals surface area (Å²) in [6.07, 6.45) is 13.5. The fraction of sp³-hybridized carbons (Fsp3) is 0.706. The lowest BCUT2D eigenvalue weighted by molar-refractivity contribution is 0.137. The molecule has 2 rings (SSSR count). The number of carbonyl (C=O) groups is 1. The van der Waals surface area contributed by atoms with E-state index >= 15 is 0 Å². The lowest BCUT2D eigenvalue weighted by Crippen LogP contribution is -2.48. The summed E-state index contributed by atoms with van der Waals surface area (Å²) in [7, 11) is 0. The maximum absolute atomic E-state index is 12.6. The molecular formula is C17H29N3O2. The van der Waals surface area contributed by atoms with Gasteiger partial charge in [-0.25, -0.2) is 10.3 Å². The Hall–Kier alpha value is -1.33. The van der Waals surface area contributed by atoms with E-state index in [4.69, 9.17) is 5.21 Å². The lowest BCUT2D eigenvalue weighted by atomic mass is 9.96. The molecule has 1 saturated heterocycles. The molecule has 0 spiro atoms. The number of amides is 2. The Balaban J connectivity index is 2.00. The standard InChI is InChI=1S/C17H29N3O2/c1-2-3-4-8-15(10-12-18-22)20-13-11-14-7-5-6-9-16(14)19-17(20)21/h5-7,15-16,18,22H,2-4,8-13H2,1H3,(H,19,21). The molecule has 5 nitrogen and oxygen atoms in total. The first-order chi connectivity index (χ1) is 10.8. The number of nitrogens with zero attached hydrogens (tertiary/aromatic N) is 1. The van der Waals surface area contributed by atoms with E-state index in [1.54, 1.807) is 0 Å². The maximum Gasteiger partial charge on any atom is 0.318 e. The van der Waals surface area contributed by atoms with Gasteiger partial charge in [-0.3, -0.25) is 0 Å². The Morgan fingerprint density at radius 2 is 2.32 bits per heavy atom. The van der Waals surface area contributed by atoms with E-state index in [0.29, 0.717) is 6.54 Å². The van der Waals surface area contributed by atoms with Crippen LogP contribution in [0.15, 0.2) is 23.8 Å². The third-order valence-corrected chi connectivity index (χ3v) is 4.64. The van der Waals surface area contributed by atoms with Crippen molar-refractivity contribution in [3.8, 4) is 0 Å².